The number of nitrogens with one attached hydrogen (secondary N) is 3. The van der Waals surface area contributed by atoms with Crippen LogP contribution in [0.25, 0.3) is 6.08 Å². The Morgan fingerprint density at radius 2 is 1.88 bits per heavy atom. The van der Waals surface area contributed by atoms with Gasteiger partial charge in [0.1, 0.15) is 5.69 Å². The highest BCUT2D eigenvalue weighted by atomic mass is 35.5. The van der Waals surface area contributed by atoms with Crippen LogP contribution in [0.4, 0.5) is 11.4 Å². The average Bonchev–Trinajstić information content (AvgIpc) is 3.14. The Morgan fingerprint density at radius 3 is 2.56 bits per heavy atom. The molecular formula is C25H26ClN3O3. The number of carbonyl (C=O) groups is 2. The van der Waals surface area contributed by atoms with E-state index in [1.807, 2.05) is 25.1 Å². The lowest BCUT2D eigenvalue weighted by Crippen LogP contribution is -2.15. The average molecular weight is 452 g/mol. The van der Waals surface area contributed by atoms with Gasteiger partial charge < -0.3 is 20.7 Å². The second kappa shape index (κ2) is 10.7. The van der Waals surface area contributed by atoms with Crippen LogP contribution in [0.5, 0.6) is 0 Å². The Morgan fingerprint density at radius 1 is 1.12 bits per heavy atom. The van der Waals surface area contributed by atoms with Crippen molar-refractivity contribution in [2.75, 3.05) is 10.6 Å². The van der Waals surface area contributed by atoms with Crippen molar-refractivity contribution in [2.45, 2.75) is 33.2 Å². The second-order valence-corrected chi connectivity index (χ2v) is 7.90. The maximum Gasteiger partial charge on any atom is 0.335 e. The molecule has 0 aliphatic rings. The fourth-order valence-electron chi connectivity index (χ4n) is 3.17. The molecule has 3 rings (SSSR count). The van der Waals surface area contributed by atoms with Gasteiger partial charge in [-0.25, -0.2) is 4.79 Å². The zero-order valence-corrected chi connectivity index (χ0v) is 18.8. The number of aromatic nitrogens is 1. The molecule has 0 saturated carbocycles. The molecule has 6 nitrogen and oxygen atoms in total. The molecule has 0 fully saturated rings. The van der Waals surface area contributed by atoms with E-state index < -0.39 is 5.97 Å². The molecule has 0 bridgehead atoms. The molecule has 0 spiro atoms. The van der Waals surface area contributed by atoms with Gasteiger partial charge in [-0.15, -0.1) is 0 Å². The number of carboxylic acid groups (broad SMARTS) is 1. The summed E-state index contributed by atoms with van der Waals surface area (Å²) < 4.78 is 0. The highest BCUT2D eigenvalue weighted by Gasteiger charge is 2.15. The highest BCUT2D eigenvalue weighted by Crippen LogP contribution is 2.22. The van der Waals surface area contributed by atoms with Crippen molar-refractivity contribution in [3.05, 3.63) is 87.7 Å². The fourth-order valence-corrected chi connectivity index (χ4v) is 3.30. The minimum atomic E-state index is -1.06. The molecule has 0 aliphatic heterocycles. The molecule has 7 heteroatoms. The molecular weight excluding hydrogens is 426 g/mol. The number of H-pyrrole nitrogens is 1. The quantitative estimate of drug-likeness (QED) is 0.305. The number of carboxylic acids is 1. The van der Waals surface area contributed by atoms with Crippen molar-refractivity contribution in [2.24, 2.45) is 0 Å². The number of rotatable bonds is 9. The number of aromatic amines is 1. The lowest BCUT2D eigenvalue weighted by Gasteiger charge is -2.13. The smallest absolute Gasteiger partial charge is 0.335 e. The van der Waals surface area contributed by atoms with Crippen molar-refractivity contribution < 1.29 is 14.7 Å². The molecule has 1 aromatic heterocycles. The number of aromatic carboxylic acids is 1. The summed E-state index contributed by atoms with van der Waals surface area (Å²) in [5.74, 6) is -1.39. The van der Waals surface area contributed by atoms with Crippen molar-refractivity contribution in [1.82, 2.24) is 4.98 Å². The van der Waals surface area contributed by atoms with Gasteiger partial charge in [-0.1, -0.05) is 37.1 Å². The largest absolute Gasteiger partial charge is 0.478 e. The second-order valence-electron chi connectivity index (χ2n) is 7.46. The first-order valence-corrected chi connectivity index (χ1v) is 10.8. The van der Waals surface area contributed by atoms with Crippen LogP contribution in [0.3, 0.4) is 0 Å². The van der Waals surface area contributed by atoms with Crippen molar-refractivity contribution >= 4 is 40.9 Å². The summed E-state index contributed by atoms with van der Waals surface area (Å²) in [5, 5.41) is 16.1. The predicted molar refractivity (Wildman–Crippen MR) is 130 cm³/mol. The summed E-state index contributed by atoms with van der Waals surface area (Å²) in [5.41, 5.74) is 4.41. The summed E-state index contributed by atoms with van der Waals surface area (Å²) in [6.45, 7) is 4.44. The topological polar surface area (TPSA) is 94.2 Å². The van der Waals surface area contributed by atoms with E-state index in [-0.39, 0.29) is 11.5 Å². The van der Waals surface area contributed by atoms with Gasteiger partial charge in [0, 0.05) is 28.6 Å². The minimum absolute atomic E-state index is 0.0985. The van der Waals surface area contributed by atoms with Gasteiger partial charge >= 0.3 is 5.97 Å². The molecule has 1 heterocycles. The Bertz CT molecular complexity index is 1130. The summed E-state index contributed by atoms with van der Waals surface area (Å²) >= 11 is 5.93. The van der Waals surface area contributed by atoms with Crippen LogP contribution in [0.1, 0.15) is 57.4 Å². The van der Waals surface area contributed by atoms with E-state index >= 15 is 0 Å². The zero-order chi connectivity index (χ0) is 23.1. The number of allylic oxidation sites excluding steroid dienone is 1. The van der Waals surface area contributed by atoms with E-state index in [1.54, 1.807) is 24.3 Å². The highest BCUT2D eigenvalue weighted by molar-refractivity contribution is 6.30. The van der Waals surface area contributed by atoms with Gasteiger partial charge in [-0.05, 0) is 73.0 Å². The van der Waals surface area contributed by atoms with Crippen LogP contribution in [0, 0.1) is 6.92 Å². The third-order valence-electron chi connectivity index (χ3n) is 4.97. The van der Waals surface area contributed by atoms with Gasteiger partial charge in [0.05, 0.1) is 5.56 Å². The van der Waals surface area contributed by atoms with E-state index in [0.717, 1.165) is 35.3 Å². The molecule has 4 N–H and O–H groups in total. The van der Waals surface area contributed by atoms with Crippen molar-refractivity contribution in [3.63, 3.8) is 0 Å². The number of halogens is 1. The molecule has 32 heavy (non-hydrogen) atoms. The number of unbranched alkanes of at least 4 members (excludes halogenated alkanes) is 1. The lowest BCUT2D eigenvalue weighted by atomic mass is 10.1. The molecule has 0 saturated heterocycles. The third kappa shape index (κ3) is 6.02. The van der Waals surface area contributed by atoms with Crippen LogP contribution in [0.15, 0.2) is 54.6 Å². The van der Waals surface area contributed by atoms with E-state index in [4.69, 9.17) is 11.6 Å². The molecule has 0 unspecified atom stereocenters. The van der Waals surface area contributed by atoms with Crippen LogP contribution in [-0.2, 0) is 6.54 Å². The maximum absolute atomic E-state index is 12.9. The van der Waals surface area contributed by atoms with E-state index in [0.29, 0.717) is 22.9 Å². The van der Waals surface area contributed by atoms with Crippen LogP contribution in [-0.4, -0.2) is 22.0 Å². The number of carbonyl (C=O) groups excluding carboxylic acids is 1. The van der Waals surface area contributed by atoms with Crippen molar-refractivity contribution in [1.29, 1.82) is 0 Å². The predicted octanol–water partition coefficient (Wildman–Crippen LogP) is 6.35. The first kappa shape index (κ1) is 23.2. The van der Waals surface area contributed by atoms with Gasteiger partial charge in [0.25, 0.3) is 5.91 Å². The summed E-state index contributed by atoms with van der Waals surface area (Å²) in [6, 6.07) is 13.7. The van der Waals surface area contributed by atoms with E-state index in [9.17, 15) is 14.7 Å². The third-order valence-corrected chi connectivity index (χ3v) is 5.22. The Kier molecular flexibility index (Phi) is 7.73. The van der Waals surface area contributed by atoms with Crippen LogP contribution < -0.4 is 10.6 Å². The fraction of sp³-hybridized carbons (Fsp3) is 0.200. The first-order valence-electron chi connectivity index (χ1n) is 10.4. The Balaban J connectivity index is 1.81. The molecule has 0 radical (unpaired) electrons. The Hall–Kier alpha value is -3.51. The SMILES string of the molecule is CCCC=Cc1[nH]c(C(=O)Nc2cc(C(=O)O)ccc2CNc2ccc(Cl)cc2)cc1C. The lowest BCUT2D eigenvalue weighted by molar-refractivity contribution is 0.0696. The number of anilines is 2. The summed E-state index contributed by atoms with van der Waals surface area (Å²) in [7, 11) is 0. The Labute approximate surface area is 192 Å². The molecule has 0 aliphatic carbocycles. The normalized spacial score (nSPS) is 11.0. The van der Waals surface area contributed by atoms with Gasteiger partial charge in [0.15, 0.2) is 0 Å². The van der Waals surface area contributed by atoms with E-state index in [1.165, 1.54) is 12.1 Å². The zero-order valence-electron chi connectivity index (χ0n) is 18.0. The number of hydrogen-bond acceptors (Lipinski definition) is 3. The molecule has 3 aromatic rings. The molecule has 0 atom stereocenters. The molecule has 2 aromatic carbocycles. The summed E-state index contributed by atoms with van der Waals surface area (Å²) in [4.78, 5) is 27.5. The van der Waals surface area contributed by atoms with Crippen LogP contribution >= 0.6 is 11.6 Å². The molecule has 1 amide bonds. The number of aryl methyl sites for hydroxylation is 1. The van der Waals surface area contributed by atoms with Gasteiger partial charge in [-0.3, -0.25) is 4.79 Å². The van der Waals surface area contributed by atoms with Gasteiger partial charge in [0.2, 0.25) is 0 Å². The van der Waals surface area contributed by atoms with Crippen molar-refractivity contribution in [3.8, 4) is 0 Å². The maximum atomic E-state index is 12.9. The van der Waals surface area contributed by atoms with Crippen LogP contribution in [0.2, 0.25) is 5.02 Å². The first-order chi connectivity index (χ1) is 15.4. The monoisotopic (exact) mass is 451 g/mol. The number of amides is 1. The van der Waals surface area contributed by atoms with E-state index in [2.05, 4.69) is 28.6 Å². The number of hydrogen-bond donors (Lipinski definition) is 4. The van der Waals surface area contributed by atoms with Gasteiger partial charge in [-0.2, -0.15) is 0 Å². The minimum Gasteiger partial charge on any atom is -0.478 e. The standard InChI is InChI=1S/C25H26ClN3O3/c1-3-4-5-6-21-16(2)13-23(28-21)24(30)29-22-14-17(25(31)32)7-8-18(22)15-27-20-11-9-19(26)10-12-20/h5-14,27-28H,3-4,15H2,1-2H3,(H,29,30)(H,31,32). The number of benzene rings is 2. The molecule has 166 valence electrons. The summed E-state index contributed by atoms with van der Waals surface area (Å²) in [6.07, 6.45) is 6.06.